The van der Waals surface area contributed by atoms with Crippen LogP contribution < -0.4 is 16.0 Å². The van der Waals surface area contributed by atoms with Crippen LogP contribution in [0, 0.1) is 0 Å². The van der Waals surface area contributed by atoms with Gasteiger partial charge in [-0.1, -0.05) is 18.2 Å². The first kappa shape index (κ1) is 15.0. The monoisotopic (exact) mass is 263 g/mol. The molecule has 1 aromatic rings. The molecule has 0 atom stereocenters. The van der Waals surface area contributed by atoms with Crippen molar-refractivity contribution in [3.8, 4) is 0 Å². The Morgan fingerprint density at radius 2 is 1.79 bits per heavy atom. The van der Waals surface area contributed by atoms with Gasteiger partial charge >= 0.3 is 6.03 Å². The highest BCUT2D eigenvalue weighted by Crippen LogP contribution is 2.15. The molecule has 5 heteroatoms. The molecule has 3 N–H and O–H groups in total. The molecule has 104 valence electrons. The molecule has 0 saturated heterocycles. The van der Waals surface area contributed by atoms with E-state index in [9.17, 15) is 9.59 Å². The molecule has 0 unspecified atom stereocenters. The van der Waals surface area contributed by atoms with Crippen molar-refractivity contribution in [3.63, 3.8) is 0 Å². The van der Waals surface area contributed by atoms with E-state index in [1.54, 1.807) is 6.07 Å². The van der Waals surface area contributed by atoms with Crippen molar-refractivity contribution in [2.75, 3.05) is 5.32 Å². The topological polar surface area (TPSA) is 70.2 Å². The van der Waals surface area contributed by atoms with Crippen molar-refractivity contribution in [2.45, 2.75) is 39.8 Å². The minimum Gasteiger partial charge on any atom is -0.352 e. The summed E-state index contributed by atoms with van der Waals surface area (Å²) < 4.78 is 0. The zero-order valence-electron chi connectivity index (χ0n) is 11.8. The molecule has 0 bridgehead atoms. The molecule has 0 fully saturated rings. The van der Waals surface area contributed by atoms with Crippen LogP contribution in [0.25, 0.3) is 0 Å². The molecular weight excluding hydrogens is 242 g/mol. The number of hydrogen-bond acceptors (Lipinski definition) is 2. The van der Waals surface area contributed by atoms with Crippen LogP contribution in [-0.4, -0.2) is 17.5 Å². The van der Waals surface area contributed by atoms with Crippen LogP contribution in [0.15, 0.2) is 24.3 Å². The van der Waals surface area contributed by atoms with Crippen LogP contribution in [-0.2, 0) is 11.3 Å². The molecule has 1 rings (SSSR count). The van der Waals surface area contributed by atoms with Gasteiger partial charge in [0, 0.05) is 24.7 Å². The van der Waals surface area contributed by atoms with Crippen LogP contribution in [0.2, 0.25) is 0 Å². The number of carbonyl (C=O) groups is 2. The Morgan fingerprint density at radius 3 is 2.37 bits per heavy atom. The third kappa shape index (κ3) is 5.90. The summed E-state index contributed by atoms with van der Waals surface area (Å²) in [6, 6.07) is 7.11. The SMILES string of the molecule is CC(=O)NCc1ccccc1NC(=O)NC(C)(C)C. The lowest BCUT2D eigenvalue weighted by atomic mass is 10.1. The van der Waals surface area contributed by atoms with Gasteiger partial charge in [0.1, 0.15) is 0 Å². The second kappa shape index (κ2) is 6.22. The lowest BCUT2D eigenvalue weighted by molar-refractivity contribution is -0.119. The van der Waals surface area contributed by atoms with Crippen LogP contribution in [0.3, 0.4) is 0 Å². The van der Waals surface area contributed by atoms with Gasteiger partial charge in [0.05, 0.1) is 0 Å². The highest BCUT2D eigenvalue weighted by atomic mass is 16.2. The van der Waals surface area contributed by atoms with Gasteiger partial charge in [0.15, 0.2) is 0 Å². The smallest absolute Gasteiger partial charge is 0.319 e. The van der Waals surface area contributed by atoms with Gasteiger partial charge in [0.25, 0.3) is 0 Å². The summed E-state index contributed by atoms with van der Waals surface area (Å²) >= 11 is 0. The Morgan fingerprint density at radius 1 is 1.16 bits per heavy atom. The average Bonchev–Trinajstić information content (AvgIpc) is 2.25. The predicted molar refractivity (Wildman–Crippen MR) is 75.9 cm³/mol. The first-order valence-electron chi connectivity index (χ1n) is 6.19. The standard InChI is InChI=1S/C14H21N3O2/c1-10(18)15-9-11-7-5-6-8-12(11)16-13(19)17-14(2,3)4/h5-8H,9H2,1-4H3,(H,15,18)(H2,16,17,19). The van der Waals surface area contributed by atoms with Crippen molar-refractivity contribution in [3.05, 3.63) is 29.8 Å². The molecule has 0 radical (unpaired) electrons. The number of nitrogens with one attached hydrogen (secondary N) is 3. The summed E-state index contributed by atoms with van der Waals surface area (Å²) in [6.45, 7) is 7.59. The Hall–Kier alpha value is -2.04. The Labute approximate surface area is 113 Å². The third-order valence-electron chi connectivity index (χ3n) is 2.28. The van der Waals surface area contributed by atoms with Gasteiger partial charge in [-0.15, -0.1) is 0 Å². The number of benzene rings is 1. The Balaban J connectivity index is 2.72. The van der Waals surface area contributed by atoms with E-state index in [1.807, 2.05) is 39.0 Å². The number of carbonyl (C=O) groups excluding carboxylic acids is 2. The molecule has 5 nitrogen and oxygen atoms in total. The van der Waals surface area contributed by atoms with E-state index in [4.69, 9.17) is 0 Å². The summed E-state index contributed by atoms with van der Waals surface area (Å²) in [7, 11) is 0. The fraction of sp³-hybridized carbons (Fsp3) is 0.429. The molecule has 0 aromatic heterocycles. The number of rotatable bonds is 3. The number of amides is 3. The quantitative estimate of drug-likeness (QED) is 0.782. The average molecular weight is 263 g/mol. The molecular formula is C14H21N3O2. The zero-order chi connectivity index (χ0) is 14.5. The van der Waals surface area contributed by atoms with Crippen molar-refractivity contribution >= 4 is 17.6 Å². The molecule has 0 aliphatic carbocycles. The molecule has 0 spiro atoms. The van der Waals surface area contributed by atoms with E-state index in [2.05, 4.69) is 16.0 Å². The van der Waals surface area contributed by atoms with E-state index in [1.165, 1.54) is 6.92 Å². The Bertz CT molecular complexity index is 464. The highest BCUT2D eigenvalue weighted by molar-refractivity contribution is 5.90. The molecule has 0 heterocycles. The van der Waals surface area contributed by atoms with Gasteiger partial charge in [-0.05, 0) is 32.4 Å². The molecule has 19 heavy (non-hydrogen) atoms. The summed E-state index contributed by atoms with van der Waals surface area (Å²) in [5, 5.41) is 8.32. The van der Waals surface area contributed by atoms with Crippen LogP contribution in [0.4, 0.5) is 10.5 Å². The first-order chi connectivity index (χ1) is 8.78. The van der Waals surface area contributed by atoms with Crippen molar-refractivity contribution in [1.29, 1.82) is 0 Å². The largest absolute Gasteiger partial charge is 0.352 e. The lowest BCUT2D eigenvalue weighted by Gasteiger charge is -2.21. The van der Waals surface area contributed by atoms with E-state index in [0.29, 0.717) is 12.2 Å². The molecule has 0 aliphatic heterocycles. The number of anilines is 1. The number of para-hydroxylation sites is 1. The van der Waals surface area contributed by atoms with Crippen LogP contribution in [0.5, 0.6) is 0 Å². The van der Waals surface area contributed by atoms with Gasteiger partial charge in [-0.3, -0.25) is 4.79 Å². The Kier molecular flexibility index (Phi) is 4.92. The van der Waals surface area contributed by atoms with E-state index >= 15 is 0 Å². The van der Waals surface area contributed by atoms with E-state index < -0.39 is 0 Å². The fourth-order valence-corrected chi connectivity index (χ4v) is 1.51. The molecule has 0 saturated carbocycles. The van der Waals surface area contributed by atoms with Gasteiger partial charge in [0.2, 0.25) is 5.91 Å². The minimum absolute atomic E-state index is 0.103. The maximum absolute atomic E-state index is 11.8. The van der Waals surface area contributed by atoms with Gasteiger partial charge < -0.3 is 16.0 Å². The normalized spacial score (nSPS) is 10.7. The molecule has 3 amide bonds. The number of hydrogen-bond donors (Lipinski definition) is 3. The van der Waals surface area contributed by atoms with E-state index in [-0.39, 0.29) is 17.5 Å². The highest BCUT2D eigenvalue weighted by Gasteiger charge is 2.14. The summed E-state index contributed by atoms with van der Waals surface area (Å²) in [5.41, 5.74) is 1.26. The molecule has 1 aromatic carbocycles. The molecule has 0 aliphatic rings. The van der Waals surface area contributed by atoms with Gasteiger partial charge in [-0.25, -0.2) is 4.79 Å². The van der Waals surface area contributed by atoms with Crippen molar-refractivity contribution in [2.24, 2.45) is 0 Å². The van der Waals surface area contributed by atoms with Crippen molar-refractivity contribution < 1.29 is 9.59 Å². The second-order valence-corrected chi connectivity index (χ2v) is 5.40. The summed E-state index contributed by atoms with van der Waals surface area (Å²) in [5.74, 6) is -0.103. The third-order valence-corrected chi connectivity index (χ3v) is 2.28. The van der Waals surface area contributed by atoms with Crippen LogP contribution in [0.1, 0.15) is 33.3 Å². The first-order valence-corrected chi connectivity index (χ1v) is 6.19. The maximum atomic E-state index is 11.8. The van der Waals surface area contributed by atoms with Crippen LogP contribution >= 0.6 is 0 Å². The number of urea groups is 1. The van der Waals surface area contributed by atoms with Crippen molar-refractivity contribution in [1.82, 2.24) is 10.6 Å². The summed E-state index contributed by atoms with van der Waals surface area (Å²) in [6.07, 6.45) is 0. The predicted octanol–water partition coefficient (Wildman–Crippen LogP) is 2.24. The van der Waals surface area contributed by atoms with Gasteiger partial charge in [-0.2, -0.15) is 0 Å². The second-order valence-electron chi connectivity index (χ2n) is 5.40. The van der Waals surface area contributed by atoms with E-state index in [0.717, 1.165) is 5.56 Å². The lowest BCUT2D eigenvalue weighted by Crippen LogP contribution is -2.43. The maximum Gasteiger partial charge on any atom is 0.319 e. The zero-order valence-corrected chi connectivity index (χ0v) is 11.8. The fourth-order valence-electron chi connectivity index (χ4n) is 1.51. The summed E-state index contributed by atoms with van der Waals surface area (Å²) in [4.78, 5) is 22.7. The minimum atomic E-state index is -0.295.